The van der Waals surface area contributed by atoms with Crippen LogP contribution in [0.5, 0.6) is 0 Å². The van der Waals surface area contributed by atoms with Crippen LogP contribution in [0.25, 0.3) is 22.4 Å². The molecule has 4 amide bonds. The van der Waals surface area contributed by atoms with Gasteiger partial charge >= 0.3 is 6.03 Å². The first-order valence-corrected chi connectivity index (χ1v) is 10.1. The van der Waals surface area contributed by atoms with E-state index in [1.807, 2.05) is 30.7 Å². The number of aryl methyl sites for hydroxylation is 2. The van der Waals surface area contributed by atoms with E-state index in [0.717, 1.165) is 16.6 Å². The molecule has 2 heterocycles. The van der Waals surface area contributed by atoms with Crippen molar-refractivity contribution < 1.29 is 18.8 Å². The largest absolute Gasteiger partial charge is 0.327 e. The Bertz CT molecular complexity index is 1490. The first-order chi connectivity index (χ1) is 15.8. The third-order valence-corrected chi connectivity index (χ3v) is 5.58. The number of halogens is 1. The van der Waals surface area contributed by atoms with Gasteiger partial charge in [-0.3, -0.25) is 14.9 Å². The standard InChI is InChI=1S/C24H18FN5O3/c1-12-3-4-13(21-27-19-10-14(25)5-8-20(19)30(21)2)9-18(12)28-24(33)26-15-6-7-16-17(11-15)23(32)29-22(16)31/h3-11H,1-2H3,(H2,26,28,33)(H,29,31,32). The Balaban J connectivity index is 1.40. The lowest BCUT2D eigenvalue weighted by Gasteiger charge is -2.12. The van der Waals surface area contributed by atoms with Crippen LogP contribution >= 0.6 is 0 Å². The average molecular weight is 443 g/mol. The molecule has 33 heavy (non-hydrogen) atoms. The van der Waals surface area contributed by atoms with Gasteiger partial charge in [-0.15, -0.1) is 0 Å². The highest BCUT2D eigenvalue weighted by atomic mass is 19.1. The van der Waals surface area contributed by atoms with Crippen LogP contribution < -0.4 is 16.0 Å². The fourth-order valence-electron chi connectivity index (χ4n) is 3.86. The van der Waals surface area contributed by atoms with Gasteiger partial charge in [0, 0.05) is 30.1 Å². The molecule has 9 heteroatoms. The Labute approximate surface area is 187 Å². The predicted octanol–water partition coefficient (Wildman–Crippen LogP) is 4.22. The molecule has 0 bridgehead atoms. The maximum absolute atomic E-state index is 13.6. The van der Waals surface area contributed by atoms with E-state index in [0.29, 0.717) is 22.7 Å². The van der Waals surface area contributed by atoms with Gasteiger partial charge in [0.25, 0.3) is 11.8 Å². The number of hydrogen-bond acceptors (Lipinski definition) is 4. The molecule has 1 aromatic heterocycles. The molecular weight excluding hydrogens is 425 g/mol. The van der Waals surface area contributed by atoms with Crippen LogP contribution in [0.2, 0.25) is 0 Å². The molecule has 0 unspecified atom stereocenters. The molecule has 1 aliphatic rings. The highest BCUT2D eigenvalue weighted by Gasteiger charge is 2.26. The number of nitrogens with one attached hydrogen (secondary N) is 3. The molecule has 0 aliphatic carbocycles. The van der Waals surface area contributed by atoms with Crippen molar-refractivity contribution >= 4 is 40.3 Å². The zero-order chi connectivity index (χ0) is 23.3. The second-order valence-corrected chi connectivity index (χ2v) is 7.78. The maximum Gasteiger partial charge on any atom is 0.323 e. The lowest BCUT2D eigenvalue weighted by Crippen LogP contribution is -2.20. The van der Waals surface area contributed by atoms with E-state index >= 15 is 0 Å². The predicted molar refractivity (Wildman–Crippen MR) is 122 cm³/mol. The normalized spacial score (nSPS) is 12.6. The van der Waals surface area contributed by atoms with E-state index in [1.54, 1.807) is 18.2 Å². The zero-order valence-electron chi connectivity index (χ0n) is 17.7. The Morgan fingerprint density at radius 3 is 2.58 bits per heavy atom. The minimum atomic E-state index is -0.507. The molecule has 164 valence electrons. The van der Waals surface area contributed by atoms with Gasteiger partial charge in [-0.05, 0) is 48.9 Å². The van der Waals surface area contributed by atoms with E-state index in [2.05, 4.69) is 20.9 Å². The van der Waals surface area contributed by atoms with E-state index < -0.39 is 17.8 Å². The lowest BCUT2D eigenvalue weighted by atomic mass is 10.1. The SMILES string of the molecule is Cc1ccc(-c2nc3cc(F)ccc3n2C)cc1NC(=O)Nc1ccc2c(c1)C(=O)NC2=O. The van der Waals surface area contributed by atoms with Crippen molar-refractivity contribution in [2.45, 2.75) is 6.92 Å². The number of imide groups is 1. The number of aromatic nitrogens is 2. The summed E-state index contributed by atoms with van der Waals surface area (Å²) >= 11 is 0. The molecular formula is C24H18FN5O3. The van der Waals surface area contributed by atoms with Crippen LogP contribution in [0.4, 0.5) is 20.6 Å². The quantitative estimate of drug-likeness (QED) is 0.413. The number of fused-ring (bicyclic) bond motifs is 2. The third kappa shape index (κ3) is 3.59. The molecule has 3 N–H and O–H groups in total. The molecule has 4 aromatic rings. The topological polar surface area (TPSA) is 105 Å². The molecule has 5 rings (SSSR count). The van der Waals surface area contributed by atoms with Crippen molar-refractivity contribution in [2.24, 2.45) is 7.05 Å². The summed E-state index contributed by atoms with van der Waals surface area (Å²) in [6.07, 6.45) is 0. The first-order valence-electron chi connectivity index (χ1n) is 10.1. The van der Waals surface area contributed by atoms with Crippen LogP contribution in [0.15, 0.2) is 54.6 Å². The van der Waals surface area contributed by atoms with Gasteiger partial charge in [-0.2, -0.15) is 0 Å². The molecule has 8 nitrogen and oxygen atoms in total. The Kier molecular flexibility index (Phi) is 4.67. The van der Waals surface area contributed by atoms with Gasteiger partial charge in [0.05, 0.1) is 22.2 Å². The molecule has 0 saturated carbocycles. The summed E-state index contributed by atoms with van der Waals surface area (Å²) in [5.41, 5.74) is 4.35. The molecule has 0 fully saturated rings. The highest BCUT2D eigenvalue weighted by Crippen LogP contribution is 2.28. The number of imidazole rings is 1. The second-order valence-electron chi connectivity index (χ2n) is 7.78. The summed E-state index contributed by atoms with van der Waals surface area (Å²) in [4.78, 5) is 40.7. The smallest absolute Gasteiger partial charge is 0.323 e. The number of hydrogen-bond donors (Lipinski definition) is 3. The maximum atomic E-state index is 13.6. The number of amides is 4. The number of rotatable bonds is 3. The van der Waals surface area contributed by atoms with Crippen LogP contribution in [0, 0.1) is 12.7 Å². The van der Waals surface area contributed by atoms with Crippen molar-refractivity contribution in [2.75, 3.05) is 10.6 Å². The van der Waals surface area contributed by atoms with Crippen LogP contribution in [-0.2, 0) is 7.05 Å². The summed E-state index contributed by atoms with van der Waals surface area (Å²) < 4.78 is 15.5. The van der Waals surface area contributed by atoms with E-state index in [4.69, 9.17) is 0 Å². The Morgan fingerprint density at radius 1 is 0.970 bits per heavy atom. The van der Waals surface area contributed by atoms with E-state index in [-0.39, 0.29) is 16.9 Å². The summed E-state index contributed by atoms with van der Waals surface area (Å²) in [5, 5.41) is 7.70. The molecule has 0 spiro atoms. The summed E-state index contributed by atoms with van der Waals surface area (Å²) in [5.74, 6) is -0.676. The van der Waals surface area contributed by atoms with E-state index in [1.165, 1.54) is 24.3 Å². The summed E-state index contributed by atoms with van der Waals surface area (Å²) in [6.45, 7) is 1.86. The lowest BCUT2D eigenvalue weighted by molar-refractivity contribution is 0.0879. The molecule has 0 atom stereocenters. The van der Waals surface area contributed by atoms with Crippen molar-refractivity contribution in [1.29, 1.82) is 0 Å². The van der Waals surface area contributed by atoms with Crippen LogP contribution in [0.1, 0.15) is 26.3 Å². The van der Waals surface area contributed by atoms with Crippen molar-refractivity contribution in [3.63, 3.8) is 0 Å². The zero-order valence-corrected chi connectivity index (χ0v) is 17.7. The number of urea groups is 1. The molecule has 0 radical (unpaired) electrons. The fraction of sp³-hybridized carbons (Fsp3) is 0.0833. The van der Waals surface area contributed by atoms with Gasteiger partial charge < -0.3 is 15.2 Å². The van der Waals surface area contributed by atoms with Gasteiger partial charge in [-0.25, -0.2) is 14.2 Å². The minimum Gasteiger partial charge on any atom is -0.327 e. The number of nitrogens with zero attached hydrogens (tertiary/aromatic N) is 2. The number of benzene rings is 3. The Hall–Kier alpha value is -4.53. The average Bonchev–Trinajstić information content (AvgIpc) is 3.25. The number of carbonyl (C=O) groups excluding carboxylic acids is 3. The molecule has 1 aliphatic heterocycles. The first kappa shape index (κ1) is 20.4. The number of carbonyl (C=O) groups is 3. The van der Waals surface area contributed by atoms with E-state index in [9.17, 15) is 18.8 Å². The third-order valence-electron chi connectivity index (χ3n) is 5.58. The van der Waals surface area contributed by atoms with Gasteiger partial charge in [0.2, 0.25) is 0 Å². The fourth-order valence-corrected chi connectivity index (χ4v) is 3.86. The van der Waals surface area contributed by atoms with Gasteiger partial charge in [0.15, 0.2) is 0 Å². The van der Waals surface area contributed by atoms with Crippen LogP contribution in [0.3, 0.4) is 0 Å². The summed E-state index contributed by atoms with van der Waals surface area (Å²) in [7, 11) is 1.84. The molecule has 3 aromatic carbocycles. The van der Waals surface area contributed by atoms with Crippen molar-refractivity contribution in [1.82, 2.24) is 14.9 Å². The van der Waals surface area contributed by atoms with Gasteiger partial charge in [0.1, 0.15) is 11.6 Å². The number of anilines is 2. The highest BCUT2D eigenvalue weighted by molar-refractivity contribution is 6.22. The monoisotopic (exact) mass is 443 g/mol. The molecule has 0 saturated heterocycles. The van der Waals surface area contributed by atoms with Crippen molar-refractivity contribution in [3.8, 4) is 11.4 Å². The Morgan fingerprint density at radius 2 is 1.76 bits per heavy atom. The second kappa shape index (κ2) is 7.56. The van der Waals surface area contributed by atoms with Crippen LogP contribution in [-0.4, -0.2) is 27.4 Å². The van der Waals surface area contributed by atoms with Crippen molar-refractivity contribution in [3.05, 3.63) is 77.1 Å². The summed E-state index contributed by atoms with van der Waals surface area (Å²) in [6, 6.07) is 14.0. The minimum absolute atomic E-state index is 0.217. The van der Waals surface area contributed by atoms with Gasteiger partial charge in [-0.1, -0.05) is 12.1 Å².